The summed E-state index contributed by atoms with van der Waals surface area (Å²) in [7, 11) is 0. The lowest BCUT2D eigenvalue weighted by Gasteiger charge is -2.21. The van der Waals surface area contributed by atoms with Gasteiger partial charge in [-0.05, 0) is 30.9 Å². The van der Waals surface area contributed by atoms with Crippen LogP contribution in [-0.4, -0.2) is 6.54 Å². The number of nitrogens with one attached hydrogen (secondary N) is 1. The zero-order chi connectivity index (χ0) is 14.7. The Kier molecular flexibility index (Phi) is 2.39. The van der Waals surface area contributed by atoms with Crippen molar-refractivity contribution in [3.8, 4) is 0 Å². The number of rotatable bonds is 4. The van der Waals surface area contributed by atoms with Gasteiger partial charge in [0, 0.05) is 6.54 Å². The Morgan fingerprint density at radius 3 is 2.60 bits per heavy atom. The van der Waals surface area contributed by atoms with Crippen molar-refractivity contribution in [2.45, 2.75) is 38.6 Å². The Labute approximate surface area is 99.9 Å². The molecule has 0 saturated heterocycles. The Morgan fingerprint density at radius 2 is 1.87 bits per heavy atom. The van der Waals surface area contributed by atoms with E-state index in [4.69, 9.17) is 6.85 Å². The van der Waals surface area contributed by atoms with Gasteiger partial charge in [-0.15, -0.1) is 0 Å². The fraction of sp³-hybridized carbons (Fsp3) is 0.571. The molecule has 0 bridgehead atoms. The first-order chi connectivity index (χ1) is 9.52. The summed E-state index contributed by atoms with van der Waals surface area (Å²) >= 11 is 0. The fourth-order valence-electron chi connectivity index (χ4n) is 2.16. The van der Waals surface area contributed by atoms with Crippen LogP contribution in [0, 0.1) is 5.92 Å². The molecular weight excluding hydrogens is 182 g/mol. The zero-order valence-corrected chi connectivity index (χ0v) is 9.03. The molecule has 0 spiro atoms. The van der Waals surface area contributed by atoms with E-state index in [1.165, 1.54) is 32.1 Å². The lowest BCUT2D eigenvalue weighted by Crippen LogP contribution is -2.24. The summed E-state index contributed by atoms with van der Waals surface area (Å²) in [4.78, 5) is 0. The summed E-state index contributed by atoms with van der Waals surface area (Å²) in [5, 5.41) is 3.26. The lowest BCUT2D eigenvalue weighted by molar-refractivity contribution is 0.342. The first-order valence-electron chi connectivity index (χ1n) is 8.29. The highest BCUT2D eigenvalue weighted by Gasteiger charge is 2.12. The molecule has 1 aromatic carbocycles. The molecule has 0 aliphatic heterocycles. The highest BCUT2D eigenvalue weighted by molar-refractivity contribution is 5.14. The second-order valence-electron chi connectivity index (χ2n) is 4.24. The predicted octanol–water partition coefficient (Wildman–Crippen LogP) is 3.36. The van der Waals surface area contributed by atoms with Crippen LogP contribution in [0.1, 0.15) is 44.5 Å². The number of hydrogen-bond acceptors (Lipinski definition) is 1. The van der Waals surface area contributed by atoms with Gasteiger partial charge in [0.2, 0.25) is 0 Å². The lowest BCUT2D eigenvalue weighted by atomic mass is 9.89. The molecule has 1 heteroatoms. The third kappa shape index (κ3) is 3.67. The summed E-state index contributed by atoms with van der Waals surface area (Å²) in [6, 6.07) is -1.00. The first-order valence-corrected chi connectivity index (χ1v) is 5.79. The maximum Gasteiger partial charge on any atom is 0.0626 e. The second-order valence-corrected chi connectivity index (χ2v) is 4.24. The van der Waals surface area contributed by atoms with Gasteiger partial charge in [0.05, 0.1) is 6.85 Å². The van der Waals surface area contributed by atoms with E-state index in [1.807, 2.05) is 0 Å². The van der Waals surface area contributed by atoms with Gasteiger partial charge >= 0.3 is 0 Å². The SMILES string of the molecule is [2H]c1c([2H])c([2H])c(CNCC2CCCCC2)c([2H])c1[2H]. The van der Waals surface area contributed by atoms with Crippen LogP contribution in [0.4, 0.5) is 0 Å². The number of benzene rings is 1. The average Bonchev–Trinajstić information content (AvgIpc) is 2.48. The van der Waals surface area contributed by atoms with Crippen molar-refractivity contribution in [2.75, 3.05) is 6.54 Å². The van der Waals surface area contributed by atoms with Crippen LogP contribution >= 0.6 is 0 Å². The van der Waals surface area contributed by atoms with Crippen LogP contribution in [0.15, 0.2) is 30.2 Å². The van der Waals surface area contributed by atoms with Crippen molar-refractivity contribution >= 4 is 0 Å². The van der Waals surface area contributed by atoms with E-state index < -0.39 is 0 Å². The molecule has 1 N–H and O–H groups in total. The van der Waals surface area contributed by atoms with Crippen LogP contribution in [0.25, 0.3) is 0 Å². The van der Waals surface area contributed by atoms with Gasteiger partial charge in [0.25, 0.3) is 0 Å². The molecule has 0 amide bonds. The van der Waals surface area contributed by atoms with E-state index in [0.29, 0.717) is 18.0 Å². The molecule has 1 aliphatic rings. The molecule has 0 aromatic heterocycles. The molecule has 82 valence electrons. The topological polar surface area (TPSA) is 12.0 Å². The minimum absolute atomic E-state index is 0.0906. The van der Waals surface area contributed by atoms with Gasteiger partial charge in [-0.2, -0.15) is 0 Å². The largest absolute Gasteiger partial charge is 0.312 e. The van der Waals surface area contributed by atoms with Crippen LogP contribution < -0.4 is 5.32 Å². The highest BCUT2D eigenvalue weighted by Crippen LogP contribution is 2.22. The number of hydrogen-bond donors (Lipinski definition) is 1. The third-order valence-electron chi connectivity index (χ3n) is 3.01. The summed E-state index contributed by atoms with van der Waals surface area (Å²) in [5.41, 5.74) is 0.367. The quantitative estimate of drug-likeness (QED) is 0.800. The van der Waals surface area contributed by atoms with Crippen LogP contribution in [0.2, 0.25) is 0 Å². The van der Waals surface area contributed by atoms with Gasteiger partial charge in [0.1, 0.15) is 0 Å². The summed E-state index contributed by atoms with van der Waals surface area (Å²) in [5.74, 6) is 0.661. The Hall–Kier alpha value is -0.820. The summed E-state index contributed by atoms with van der Waals surface area (Å²) in [6.45, 7) is 1.20. The molecule has 0 atom stereocenters. The third-order valence-corrected chi connectivity index (χ3v) is 3.01. The Morgan fingerprint density at radius 1 is 1.13 bits per heavy atom. The van der Waals surface area contributed by atoms with Crippen molar-refractivity contribution in [1.82, 2.24) is 5.32 Å². The molecule has 1 saturated carbocycles. The van der Waals surface area contributed by atoms with E-state index in [0.717, 1.165) is 6.54 Å². The molecule has 0 radical (unpaired) electrons. The van der Waals surface area contributed by atoms with E-state index in [-0.39, 0.29) is 30.2 Å². The van der Waals surface area contributed by atoms with Crippen LogP contribution in [0.5, 0.6) is 0 Å². The maximum absolute atomic E-state index is 7.85. The molecule has 0 unspecified atom stereocenters. The maximum atomic E-state index is 7.85. The predicted molar refractivity (Wildman–Crippen MR) is 64.7 cm³/mol. The molecule has 1 fully saturated rings. The Bertz CT molecular complexity index is 454. The fourth-order valence-corrected chi connectivity index (χ4v) is 2.16. The second kappa shape index (κ2) is 5.92. The highest BCUT2D eigenvalue weighted by atomic mass is 14.9. The van der Waals surface area contributed by atoms with Crippen molar-refractivity contribution in [1.29, 1.82) is 0 Å². The first kappa shape index (κ1) is 6.05. The van der Waals surface area contributed by atoms with Crippen molar-refractivity contribution in [3.05, 3.63) is 35.8 Å². The Balaban J connectivity index is 2.02. The minimum Gasteiger partial charge on any atom is -0.312 e. The standard InChI is InChI=1S/C14H21N/c1-3-7-13(8-4-1)11-15-12-14-9-5-2-6-10-14/h1,3-4,7-8,14-15H,2,5-6,9-12H2/i1D,3D,4D,7D,8D. The molecule has 0 heterocycles. The van der Waals surface area contributed by atoms with Gasteiger partial charge < -0.3 is 5.32 Å². The van der Waals surface area contributed by atoms with Gasteiger partial charge in [0.15, 0.2) is 0 Å². The van der Waals surface area contributed by atoms with Crippen molar-refractivity contribution in [3.63, 3.8) is 0 Å². The molecular formula is C14H21N. The molecule has 2 rings (SSSR count). The van der Waals surface area contributed by atoms with Crippen molar-refractivity contribution in [2.24, 2.45) is 5.92 Å². The van der Waals surface area contributed by atoms with E-state index in [1.54, 1.807) is 0 Å². The van der Waals surface area contributed by atoms with Crippen LogP contribution in [-0.2, 0) is 6.54 Å². The zero-order valence-electron chi connectivity index (χ0n) is 14.0. The molecule has 1 nitrogen and oxygen atoms in total. The van der Waals surface area contributed by atoms with Gasteiger partial charge in [-0.3, -0.25) is 0 Å². The van der Waals surface area contributed by atoms with E-state index in [2.05, 4.69) is 5.32 Å². The minimum atomic E-state index is -0.323. The summed E-state index contributed by atoms with van der Waals surface area (Å²) < 4.78 is 38.5. The normalized spacial score (nSPS) is 22.5. The van der Waals surface area contributed by atoms with Gasteiger partial charge in [-0.25, -0.2) is 0 Å². The van der Waals surface area contributed by atoms with Crippen LogP contribution in [0.3, 0.4) is 0 Å². The monoisotopic (exact) mass is 208 g/mol. The molecule has 1 aliphatic carbocycles. The van der Waals surface area contributed by atoms with Gasteiger partial charge in [-0.1, -0.05) is 49.5 Å². The van der Waals surface area contributed by atoms with Crippen molar-refractivity contribution < 1.29 is 6.85 Å². The average molecular weight is 208 g/mol. The molecule has 1 aromatic rings. The van der Waals surface area contributed by atoms with E-state index in [9.17, 15) is 0 Å². The smallest absolute Gasteiger partial charge is 0.0626 e. The summed E-state index contributed by atoms with van der Waals surface area (Å²) in [6.07, 6.45) is 6.34. The molecule has 15 heavy (non-hydrogen) atoms. The van der Waals surface area contributed by atoms with E-state index >= 15 is 0 Å².